The number of hydrogen-bond donors (Lipinski definition) is 1. The van der Waals surface area contributed by atoms with Crippen molar-refractivity contribution in [3.63, 3.8) is 0 Å². The van der Waals surface area contributed by atoms with Gasteiger partial charge in [-0.25, -0.2) is 0 Å². The topological polar surface area (TPSA) is 21.3 Å². The van der Waals surface area contributed by atoms with Gasteiger partial charge in [0.1, 0.15) is 0 Å². The van der Waals surface area contributed by atoms with Crippen molar-refractivity contribution in [3.05, 3.63) is 34.3 Å². The third-order valence-corrected chi connectivity index (χ3v) is 4.16. The van der Waals surface area contributed by atoms with Gasteiger partial charge < -0.3 is 10.1 Å². The van der Waals surface area contributed by atoms with Crippen LogP contribution in [0.5, 0.6) is 0 Å². The minimum absolute atomic E-state index is 0.262. The Bertz CT molecular complexity index is 402. The van der Waals surface area contributed by atoms with Gasteiger partial charge in [-0.3, -0.25) is 0 Å². The van der Waals surface area contributed by atoms with Gasteiger partial charge in [-0.05, 0) is 56.3 Å². The van der Waals surface area contributed by atoms with Crippen molar-refractivity contribution in [2.45, 2.75) is 51.7 Å². The van der Waals surface area contributed by atoms with E-state index in [1.165, 1.54) is 18.4 Å². The van der Waals surface area contributed by atoms with Crippen LogP contribution in [-0.4, -0.2) is 19.3 Å². The second-order valence-corrected chi connectivity index (χ2v) is 5.75. The maximum absolute atomic E-state index is 6.26. The zero-order valence-corrected chi connectivity index (χ0v) is 12.7. The van der Waals surface area contributed by atoms with Gasteiger partial charge in [0.25, 0.3) is 0 Å². The quantitative estimate of drug-likeness (QED) is 0.871. The standard InChI is InChI=1S/C16H24ClNO/c1-3-9-18-16(15-6-4-5-10-19-15)13-8-7-12(2)14(17)11-13/h7-8,11,15-16,18H,3-6,9-10H2,1-2H3. The van der Waals surface area contributed by atoms with E-state index in [0.717, 1.165) is 36.6 Å². The molecule has 0 amide bonds. The van der Waals surface area contributed by atoms with Crippen LogP contribution in [0.15, 0.2) is 18.2 Å². The van der Waals surface area contributed by atoms with Crippen molar-refractivity contribution in [1.29, 1.82) is 0 Å². The molecule has 2 nitrogen and oxygen atoms in total. The van der Waals surface area contributed by atoms with Gasteiger partial charge in [0, 0.05) is 11.6 Å². The van der Waals surface area contributed by atoms with Crippen LogP contribution in [0.4, 0.5) is 0 Å². The fourth-order valence-electron chi connectivity index (χ4n) is 2.59. The maximum Gasteiger partial charge on any atom is 0.0769 e. The average molecular weight is 282 g/mol. The number of hydrogen-bond acceptors (Lipinski definition) is 2. The summed E-state index contributed by atoms with van der Waals surface area (Å²) < 4.78 is 5.96. The van der Waals surface area contributed by atoms with Crippen LogP contribution in [0.1, 0.15) is 49.8 Å². The number of benzene rings is 1. The van der Waals surface area contributed by atoms with E-state index in [9.17, 15) is 0 Å². The molecule has 1 fully saturated rings. The van der Waals surface area contributed by atoms with Crippen molar-refractivity contribution in [3.8, 4) is 0 Å². The zero-order chi connectivity index (χ0) is 13.7. The molecule has 1 aliphatic rings. The van der Waals surface area contributed by atoms with E-state index in [2.05, 4.69) is 30.4 Å². The normalized spacial score (nSPS) is 21.3. The Labute approximate surface area is 121 Å². The van der Waals surface area contributed by atoms with E-state index in [1.54, 1.807) is 0 Å². The van der Waals surface area contributed by atoms with Gasteiger partial charge in [-0.1, -0.05) is 30.7 Å². The van der Waals surface area contributed by atoms with Gasteiger partial charge in [0.15, 0.2) is 0 Å². The number of rotatable bonds is 5. The molecule has 2 atom stereocenters. The first kappa shape index (κ1) is 14.8. The summed E-state index contributed by atoms with van der Waals surface area (Å²) in [6.07, 6.45) is 4.98. The minimum atomic E-state index is 0.262. The lowest BCUT2D eigenvalue weighted by Crippen LogP contribution is -2.36. The SMILES string of the molecule is CCCNC(c1ccc(C)c(Cl)c1)C1CCCCO1. The van der Waals surface area contributed by atoms with Crippen LogP contribution in [0.3, 0.4) is 0 Å². The molecule has 0 aliphatic carbocycles. The average Bonchev–Trinajstić information content (AvgIpc) is 2.44. The molecule has 1 aromatic rings. The molecule has 2 unspecified atom stereocenters. The molecule has 0 saturated carbocycles. The molecule has 3 heteroatoms. The second-order valence-electron chi connectivity index (χ2n) is 5.35. The molecule has 19 heavy (non-hydrogen) atoms. The van der Waals surface area contributed by atoms with E-state index in [4.69, 9.17) is 16.3 Å². The molecule has 106 valence electrons. The lowest BCUT2D eigenvalue weighted by atomic mass is 9.95. The molecule has 2 rings (SSSR count). The summed E-state index contributed by atoms with van der Waals surface area (Å²) in [6.45, 7) is 6.12. The minimum Gasteiger partial charge on any atom is -0.376 e. The number of nitrogens with one attached hydrogen (secondary N) is 1. The van der Waals surface area contributed by atoms with Gasteiger partial charge in [-0.15, -0.1) is 0 Å². The molecule has 1 N–H and O–H groups in total. The number of aryl methyl sites for hydroxylation is 1. The van der Waals surface area contributed by atoms with Gasteiger partial charge >= 0.3 is 0 Å². The predicted octanol–water partition coefficient (Wildman–Crippen LogP) is 4.26. The lowest BCUT2D eigenvalue weighted by Gasteiger charge is -2.31. The fourth-order valence-corrected chi connectivity index (χ4v) is 2.78. The molecule has 1 aliphatic heterocycles. The van der Waals surface area contributed by atoms with Crippen molar-refractivity contribution in [2.75, 3.05) is 13.2 Å². The van der Waals surface area contributed by atoms with E-state index in [0.29, 0.717) is 0 Å². The first-order valence-electron chi connectivity index (χ1n) is 7.33. The fraction of sp³-hybridized carbons (Fsp3) is 0.625. The van der Waals surface area contributed by atoms with Gasteiger partial charge in [0.05, 0.1) is 12.1 Å². The van der Waals surface area contributed by atoms with Crippen molar-refractivity contribution in [1.82, 2.24) is 5.32 Å². The van der Waals surface area contributed by atoms with Crippen molar-refractivity contribution < 1.29 is 4.74 Å². The lowest BCUT2D eigenvalue weighted by molar-refractivity contribution is -0.00815. The summed E-state index contributed by atoms with van der Waals surface area (Å²) in [6, 6.07) is 6.62. The van der Waals surface area contributed by atoms with Crippen LogP contribution >= 0.6 is 11.6 Å². The van der Waals surface area contributed by atoms with E-state index in [-0.39, 0.29) is 12.1 Å². The highest BCUT2D eigenvalue weighted by atomic mass is 35.5. The summed E-state index contributed by atoms with van der Waals surface area (Å²) in [7, 11) is 0. The molecule has 0 spiro atoms. The van der Waals surface area contributed by atoms with E-state index < -0.39 is 0 Å². The first-order valence-corrected chi connectivity index (χ1v) is 7.71. The molecule has 0 aromatic heterocycles. The Hall–Kier alpha value is -0.570. The van der Waals surface area contributed by atoms with E-state index in [1.807, 2.05) is 6.92 Å². The highest BCUT2D eigenvalue weighted by Crippen LogP contribution is 2.29. The highest BCUT2D eigenvalue weighted by molar-refractivity contribution is 6.31. The molecule has 1 saturated heterocycles. The molecule has 0 bridgehead atoms. The Morgan fingerprint density at radius 3 is 2.89 bits per heavy atom. The molecular weight excluding hydrogens is 258 g/mol. The first-order chi connectivity index (χ1) is 9.22. The Kier molecular flexibility index (Phi) is 5.68. The van der Waals surface area contributed by atoms with Crippen LogP contribution in [-0.2, 0) is 4.74 Å². The summed E-state index contributed by atoms with van der Waals surface area (Å²) in [5.41, 5.74) is 2.38. The summed E-state index contributed by atoms with van der Waals surface area (Å²) in [4.78, 5) is 0. The van der Waals surface area contributed by atoms with Gasteiger partial charge in [0.2, 0.25) is 0 Å². The Morgan fingerprint density at radius 1 is 1.42 bits per heavy atom. The highest BCUT2D eigenvalue weighted by Gasteiger charge is 2.25. The third-order valence-electron chi connectivity index (χ3n) is 3.76. The summed E-state index contributed by atoms with van der Waals surface area (Å²) in [5, 5.41) is 4.46. The van der Waals surface area contributed by atoms with Crippen molar-refractivity contribution >= 4 is 11.6 Å². The maximum atomic E-state index is 6.26. The molecule has 1 heterocycles. The van der Waals surface area contributed by atoms with Crippen LogP contribution in [0.2, 0.25) is 5.02 Å². The third kappa shape index (κ3) is 3.95. The van der Waals surface area contributed by atoms with E-state index >= 15 is 0 Å². The molecule has 0 radical (unpaired) electrons. The summed E-state index contributed by atoms with van der Waals surface area (Å²) in [5.74, 6) is 0. The monoisotopic (exact) mass is 281 g/mol. The second kappa shape index (κ2) is 7.28. The molecular formula is C16H24ClNO. The number of halogens is 1. The van der Waals surface area contributed by atoms with Crippen LogP contribution < -0.4 is 5.32 Å². The Morgan fingerprint density at radius 2 is 2.26 bits per heavy atom. The van der Waals surface area contributed by atoms with Crippen molar-refractivity contribution in [2.24, 2.45) is 0 Å². The van der Waals surface area contributed by atoms with Gasteiger partial charge in [-0.2, -0.15) is 0 Å². The largest absolute Gasteiger partial charge is 0.376 e. The Balaban J connectivity index is 2.17. The van der Waals surface area contributed by atoms with Crippen LogP contribution in [0.25, 0.3) is 0 Å². The molecule has 1 aromatic carbocycles. The van der Waals surface area contributed by atoms with Crippen LogP contribution in [0, 0.1) is 6.92 Å². The zero-order valence-electron chi connectivity index (χ0n) is 11.9. The summed E-state index contributed by atoms with van der Waals surface area (Å²) >= 11 is 6.26. The number of ether oxygens (including phenoxy) is 1. The predicted molar refractivity (Wildman–Crippen MR) is 80.8 cm³/mol. The smallest absolute Gasteiger partial charge is 0.0769 e.